The van der Waals surface area contributed by atoms with Crippen LogP contribution in [0.5, 0.6) is 0 Å². The van der Waals surface area contributed by atoms with E-state index in [-0.39, 0.29) is 5.69 Å². The molecule has 29 heavy (non-hydrogen) atoms. The van der Waals surface area contributed by atoms with E-state index < -0.39 is 27.4 Å². The molecule has 0 aliphatic carbocycles. The predicted molar refractivity (Wildman–Crippen MR) is 105 cm³/mol. The number of halogens is 4. The van der Waals surface area contributed by atoms with Crippen LogP contribution >= 0.6 is 22.9 Å². The molecule has 3 aromatic rings. The van der Waals surface area contributed by atoms with Gasteiger partial charge in [0.2, 0.25) is 0 Å². The van der Waals surface area contributed by atoms with Gasteiger partial charge in [-0.2, -0.15) is 13.2 Å². The second-order valence-electron chi connectivity index (χ2n) is 6.39. The molecule has 1 saturated heterocycles. The lowest BCUT2D eigenvalue weighted by Gasteiger charge is -2.36. The largest absolute Gasteiger partial charge is 0.418 e. The second kappa shape index (κ2) is 7.30. The van der Waals surface area contributed by atoms with Crippen molar-refractivity contribution >= 4 is 50.3 Å². The minimum atomic E-state index is -4.77. The van der Waals surface area contributed by atoms with Crippen LogP contribution in [0.15, 0.2) is 29.9 Å². The number of benzene rings is 1. The van der Waals surface area contributed by atoms with Gasteiger partial charge in [-0.1, -0.05) is 11.6 Å². The minimum Gasteiger partial charge on any atom is -0.362 e. The average Bonchev–Trinajstić information content (AvgIpc) is 3.15. The number of nitrogens with zero attached hydrogens (tertiary/aromatic N) is 5. The molecule has 1 fully saturated rings. The molecule has 0 amide bonds. The zero-order valence-electron chi connectivity index (χ0n) is 14.7. The van der Waals surface area contributed by atoms with Gasteiger partial charge < -0.3 is 9.80 Å². The first kappa shape index (κ1) is 19.6. The Morgan fingerprint density at radius 3 is 2.48 bits per heavy atom. The summed E-state index contributed by atoms with van der Waals surface area (Å²) >= 11 is 7.30. The fourth-order valence-corrected chi connectivity index (χ4v) is 4.35. The maximum absolute atomic E-state index is 13.1. The predicted octanol–water partition coefficient (Wildman–Crippen LogP) is 4.60. The minimum absolute atomic E-state index is 0.0796. The van der Waals surface area contributed by atoms with E-state index in [0.717, 1.165) is 22.1 Å². The van der Waals surface area contributed by atoms with Gasteiger partial charge in [0, 0.05) is 32.2 Å². The number of hydrogen-bond acceptors (Lipinski definition) is 7. The number of thiophene rings is 1. The van der Waals surface area contributed by atoms with E-state index >= 15 is 0 Å². The van der Waals surface area contributed by atoms with Gasteiger partial charge in [-0.05, 0) is 17.5 Å². The summed E-state index contributed by atoms with van der Waals surface area (Å²) in [5.41, 5.74) is -1.75. The molecule has 0 spiro atoms. The van der Waals surface area contributed by atoms with Crippen LogP contribution in [0.4, 0.5) is 30.4 Å². The number of aromatic nitrogens is 2. The van der Waals surface area contributed by atoms with Crippen molar-refractivity contribution in [3.63, 3.8) is 0 Å². The van der Waals surface area contributed by atoms with Crippen molar-refractivity contribution in [3.8, 4) is 0 Å². The highest BCUT2D eigenvalue weighted by Crippen LogP contribution is 2.41. The monoisotopic (exact) mass is 443 g/mol. The lowest BCUT2D eigenvalue weighted by molar-refractivity contribution is -0.384. The van der Waals surface area contributed by atoms with Crippen molar-refractivity contribution in [1.29, 1.82) is 0 Å². The van der Waals surface area contributed by atoms with Crippen LogP contribution in [0, 0.1) is 10.1 Å². The molecule has 0 unspecified atom stereocenters. The Morgan fingerprint density at radius 2 is 1.83 bits per heavy atom. The van der Waals surface area contributed by atoms with E-state index in [2.05, 4.69) is 9.97 Å². The summed E-state index contributed by atoms with van der Waals surface area (Å²) in [4.78, 5) is 23.7. The number of fused-ring (bicyclic) bond motifs is 1. The second-order valence-corrected chi connectivity index (χ2v) is 7.69. The van der Waals surface area contributed by atoms with Crippen LogP contribution in [-0.4, -0.2) is 41.1 Å². The molecule has 0 atom stereocenters. The van der Waals surface area contributed by atoms with Crippen LogP contribution < -0.4 is 9.80 Å². The van der Waals surface area contributed by atoms with Gasteiger partial charge in [0.05, 0.1) is 20.9 Å². The van der Waals surface area contributed by atoms with Gasteiger partial charge in [-0.15, -0.1) is 11.3 Å². The fraction of sp³-hybridized carbons (Fsp3) is 0.294. The molecule has 12 heteroatoms. The summed E-state index contributed by atoms with van der Waals surface area (Å²) in [6, 6.07) is 3.46. The SMILES string of the molecule is O=[N+]([O-])c1cc(C(F)(F)F)c(Cl)cc1N1CCN(c2ncnc3sccc23)CC1. The zero-order valence-corrected chi connectivity index (χ0v) is 16.3. The van der Waals surface area contributed by atoms with Crippen LogP contribution in [0.1, 0.15) is 5.56 Å². The highest BCUT2D eigenvalue weighted by Gasteiger charge is 2.37. The molecule has 0 radical (unpaired) electrons. The number of hydrogen-bond donors (Lipinski definition) is 0. The summed E-state index contributed by atoms with van der Waals surface area (Å²) in [6.07, 6.45) is -3.28. The Kier molecular flexibility index (Phi) is 4.95. The van der Waals surface area contributed by atoms with Crippen molar-refractivity contribution in [1.82, 2.24) is 9.97 Å². The van der Waals surface area contributed by atoms with Crippen LogP contribution in [0.3, 0.4) is 0 Å². The number of piperazine rings is 1. The molecule has 3 heterocycles. The Bertz CT molecular complexity index is 1080. The molecular weight excluding hydrogens is 431 g/mol. The number of nitro groups is 1. The van der Waals surface area contributed by atoms with Crippen LogP contribution in [0.25, 0.3) is 10.2 Å². The van der Waals surface area contributed by atoms with Gasteiger partial charge >= 0.3 is 6.18 Å². The maximum atomic E-state index is 13.1. The maximum Gasteiger partial charge on any atom is 0.418 e. The Balaban J connectivity index is 1.61. The van der Waals surface area contributed by atoms with Crippen LogP contribution in [0.2, 0.25) is 5.02 Å². The molecule has 1 aliphatic heterocycles. The molecule has 4 rings (SSSR count). The summed E-state index contributed by atoms with van der Waals surface area (Å²) in [5.74, 6) is 0.774. The topological polar surface area (TPSA) is 75.4 Å². The van der Waals surface area contributed by atoms with E-state index in [0.29, 0.717) is 32.2 Å². The highest BCUT2D eigenvalue weighted by atomic mass is 35.5. The summed E-state index contributed by atoms with van der Waals surface area (Å²) in [6.45, 7) is 1.74. The van der Waals surface area contributed by atoms with Crippen LogP contribution in [-0.2, 0) is 6.18 Å². The standard InChI is InChI=1S/C17H13ClF3N5O2S/c18-12-8-13(14(26(27)28)7-11(12)17(19,20)21)24-2-4-25(5-3-24)15-10-1-6-29-16(10)23-9-22-15/h1,6-9H,2-5H2. The van der Waals surface area contributed by atoms with Crippen molar-refractivity contribution in [3.05, 3.63) is 50.6 Å². The third-order valence-electron chi connectivity index (χ3n) is 4.73. The van der Waals surface area contributed by atoms with Crippen molar-refractivity contribution < 1.29 is 18.1 Å². The molecule has 1 aliphatic rings. The zero-order chi connectivity index (χ0) is 20.8. The molecule has 7 nitrogen and oxygen atoms in total. The van der Waals surface area contributed by atoms with Crippen molar-refractivity contribution in [2.45, 2.75) is 6.18 Å². The van der Waals surface area contributed by atoms with Crippen molar-refractivity contribution in [2.75, 3.05) is 36.0 Å². The number of anilines is 2. The third-order valence-corrected chi connectivity index (χ3v) is 5.86. The number of rotatable bonds is 3. The molecule has 2 aromatic heterocycles. The first-order valence-corrected chi connectivity index (χ1v) is 9.74. The smallest absolute Gasteiger partial charge is 0.362 e. The molecular formula is C17H13ClF3N5O2S. The van der Waals surface area contributed by atoms with E-state index in [4.69, 9.17) is 11.6 Å². The quantitative estimate of drug-likeness (QED) is 0.435. The highest BCUT2D eigenvalue weighted by molar-refractivity contribution is 7.16. The van der Waals surface area contributed by atoms with Gasteiger partial charge in [0.15, 0.2) is 0 Å². The van der Waals surface area contributed by atoms with Gasteiger partial charge in [0.25, 0.3) is 5.69 Å². The summed E-state index contributed by atoms with van der Waals surface area (Å²) in [5, 5.41) is 13.7. The first-order chi connectivity index (χ1) is 13.8. The van der Waals surface area contributed by atoms with E-state index in [9.17, 15) is 23.3 Å². The van der Waals surface area contributed by atoms with Gasteiger partial charge in [-0.25, -0.2) is 9.97 Å². The first-order valence-electron chi connectivity index (χ1n) is 8.49. The third kappa shape index (κ3) is 3.67. The van der Waals surface area contributed by atoms with E-state index in [1.54, 1.807) is 4.90 Å². The molecule has 0 bridgehead atoms. The normalized spacial score (nSPS) is 15.2. The average molecular weight is 444 g/mol. The Labute approximate surface area is 171 Å². The summed E-state index contributed by atoms with van der Waals surface area (Å²) < 4.78 is 39.2. The molecule has 1 aromatic carbocycles. The Morgan fingerprint density at radius 1 is 1.14 bits per heavy atom. The molecule has 0 N–H and O–H groups in total. The van der Waals surface area contributed by atoms with Gasteiger partial charge in [0.1, 0.15) is 22.7 Å². The van der Waals surface area contributed by atoms with E-state index in [1.807, 2.05) is 16.3 Å². The van der Waals surface area contributed by atoms with Crippen molar-refractivity contribution in [2.24, 2.45) is 0 Å². The number of alkyl halides is 3. The van der Waals surface area contributed by atoms with Gasteiger partial charge in [-0.3, -0.25) is 10.1 Å². The molecule has 152 valence electrons. The lowest BCUT2D eigenvalue weighted by atomic mass is 10.1. The fourth-order valence-electron chi connectivity index (χ4n) is 3.36. The lowest BCUT2D eigenvalue weighted by Crippen LogP contribution is -2.47. The number of nitro benzene ring substituents is 1. The van der Waals surface area contributed by atoms with E-state index in [1.165, 1.54) is 17.7 Å². The summed E-state index contributed by atoms with van der Waals surface area (Å²) in [7, 11) is 0. The Hall–Kier alpha value is -2.66. The molecule has 0 saturated carbocycles.